The molecule has 0 aliphatic carbocycles. The number of amides is 1. The van der Waals surface area contributed by atoms with Crippen LogP contribution in [0.15, 0.2) is 34.7 Å². The first-order valence-corrected chi connectivity index (χ1v) is 8.62. The second-order valence-corrected chi connectivity index (χ2v) is 7.12. The van der Waals surface area contributed by atoms with Gasteiger partial charge in [-0.25, -0.2) is 4.98 Å². The fourth-order valence-electron chi connectivity index (χ4n) is 2.96. The summed E-state index contributed by atoms with van der Waals surface area (Å²) in [7, 11) is 0. The Bertz CT molecular complexity index is 938. The number of benzene rings is 2. The van der Waals surface area contributed by atoms with Crippen LogP contribution in [0.25, 0.3) is 22.6 Å². The molecular weight excluding hydrogens is 312 g/mol. The van der Waals surface area contributed by atoms with Crippen LogP contribution in [-0.4, -0.2) is 10.9 Å². The van der Waals surface area contributed by atoms with E-state index in [-0.39, 0.29) is 5.91 Å². The Labute approximate surface area is 148 Å². The molecule has 0 aliphatic rings. The van der Waals surface area contributed by atoms with Crippen molar-refractivity contribution in [1.29, 1.82) is 0 Å². The van der Waals surface area contributed by atoms with Crippen molar-refractivity contribution in [1.82, 2.24) is 4.98 Å². The number of nitrogens with zero attached hydrogens (tertiary/aromatic N) is 1. The summed E-state index contributed by atoms with van der Waals surface area (Å²) in [5.74, 6) is 0.925. The standard InChI is InChI=1S/C21H24N2O2/c1-12(2)8-19(24)22-17-11-16(7-6-14(17)4)21-23-18-10-13(3)9-15(5)20(18)25-21/h6-7,9-12H,8H2,1-5H3,(H,22,24). The Morgan fingerprint density at radius 2 is 1.88 bits per heavy atom. The van der Waals surface area contributed by atoms with Gasteiger partial charge in [0.2, 0.25) is 11.8 Å². The van der Waals surface area contributed by atoms with Gasteiger partial charge in [-0.2, -0.15) is 0 Å². The lowest BCUT2D eigenvalue weighted by Crippen LogP contribution is -2.14. The van der Waals surface area contributed by atoms with Crippen LogP contribution in [0.1, 0.15) is 37.0 Å². The van der Waals surface area contributed by atoms with Gasteiger partial charge in [0.25, 0.3) is 0 Å². The molecule has 0 saturated heterocycles. The zero-order chi connectivity index (χ0) is 18.1. The Morgan fingerprint density at radius 1 is 1.12 bits per heavy atom. The van der Waals surface area contributed by atoms with Gasteiger partial charge >= 0.3 is 0 Å². The zero-order valence-electron chi connectivity index (χ0n) is 15.4. The Hall–Kier alpha value is -2.62. The van der Waals surface area contributed by atoms with Gasteiger partial charge in [-0.3, -0.25) is 4.79 Å². The van der Waals surface area contributed by atoms with Crippen molar-refractivity contribution in [2.75, 3.05) is 5.32 Å². The molecule has 2 aromatic carbocycles. The normalized spacial score (nSPS) is 11.3. The van der Waals surface area contributed by atoms with Crippen molar-refractivity contribution in [3.8, 4) is 11.5 Å². The smallest absolute Gasteiger partial charge is 0.227 e. The quantitative estimate of drug-likeness (QED) is 0.693. The third-order valence-electron chi connectivity index (χ3n) is 4.17. The molecule has 130 valence electrons. The minimum Gasteiger partial charge on any atom is -0.436 e. The van der Waals surface area contributed by atoms with Crippen LogP contribution in [0.4, 0.5) is 5.69 Å². The largest absolute Gasteiger partial charge is 0.436 e. The van der Waals surface area contributed by atoms with Crippen molar-refractivity contribution in [3.05, 3.63) is 47.0 Å². The fourth-order valence-corrected chi connectivity index (χ4v) is 2.96. The highest BCUT2D eigenvalue weighted by atomic mass is 16.3. The average molecular weight is 336 g/mol. The lowest BCUT2D eigenvalue weighted by Gasteiger charge is -2.10. The number of aromatic nitrogens is 1. The predicted molar refractivity (Wildman–Crippen MR) is 102 cm³/mol. The summed E-state index contributed by atoms with van der Waals surface area (Å²) < 4.78 is 5.98. The number of rotatable bonds is 4. The Morgan fingerprint density at radius 3 is 2.60 bits per heavy atom. The van der Waals surface area contributed by atoms with E-state index in [4.69, 9.17) is 4.42 Å². The third kappa shape index (κ3) is 3.73. The Kier molecular flexibility index (Phi) is 4.62. The van der Waals surface area contributed by atoms with Gasteiger partial charge in [-0.05, 0) is 61.6 Å². The summed E-state index contributed by atoms with van der Waals surface area (Å²) >= 11 is 0. The van der Waals surface area contributed by atoms with Crippen LogP contribution >= 0.6 is 0 Å². The van der Waals surface area contributed by atoms with Gasteiger partial charge in [-0.1, -0.05) is 26.0 Å². The molecule has 0 unspecified atom stereocenters. The summed E-state index contributed by atoms with van der Waals surface area (Å²) in [6.45, 7) is 10.1. The SMILES string of the molecule is Cc1cc(C)c2oc(-c3ccc(C)c(NC(=O)CC(C)C)c3)nc2c1. The number of carbonyl (C=O) groups is 1. The lowest BCUT2D eigenvalue weighted by molar-refractivity contribution is -0.116. The molecule has 1 N–H and O–H groups in total. The first kappa shape index (κ1) is 17.2. The number of hydrogen-bond acceptors (Lipinski definition) is 3. The number of oxazole rings is 1. The molecule has 0 bridgehead atoms. The fraction of sp³-hybridized carbons (Fsp3) is 0.333. The van der Waals surface area contributed by atoms with E-state index in [1.165, 1.54) is 0 Å². The van der Waals surface area contributed by atoms with Crippen molar-refractivity contribution in [3.63, 3.8) is 0 Å². The van der Waals surface area contributed by atoms with E-state index < -0.39 is 0 Å². The van der Waals surface area contributed by atoms with Crippen LogP contribution in [-0.2, 0) is 4.79 Å². The summed E-state index contributed by atoms with van der Waals surface area (Å²) in [6, 6.07) is 9.99. The highest BCUT2D eigenvalue weighted by Crippen LogP contribution is 2.30. The van der Waals surface area contributed by atoms with Gasteiger partial charge < -0.3 is 9.73 Å². The van der Waals surface area contributed by atoms with E-state index in [0.717, 1.165) is 39.0 Å². The molecule has 25 heavy (non-hydrogen) atoms. The minimum absolute atomic E-state index is 0.0271. The maximum Gasteiger partial charge on any atom is 0.227 e. The van der Waals surface area contributed by atoms with E-state index in [9.17, 15) is 4.79 Å². The van der Waals surface area contributed by atoms with E-state index in [1.54, 1.807) is 0 Å². The molecule has 0 spiro atoms. The van der Waals surface area contributed by atoms with E-state index in [1.807, 2.05) is 52.0 Å². The summed E-state index contributed by atoms with van der Waals surface area (Å²) in [5, 5.41) is 3.00. The van der Waals surface area contributed by atoms with Crippen LogP contribution in [0.3, 0.4) is 0 Å². The molecular formula is C21H24N2O2. The van der Waals surface area contributed by atoms with Crippen molar-refractivity contribution in [2.24, 2.45) is 5.92 Å². The van der Waals surface area contributed by atoms with Crippen molar-refractivity contribution in [2.45, 2.75) is 41.0 Å². The first-order valence-electron chi connectivity index (χ1n) is 8.62. The number of aryl methyl sites for hydroxylation is 3. The van der Waals surface area contributed by atoms with Crippen LogP contribution < -0.4 is 5.32 Å². The van der Waals surface area contributed by atoms with E-state index in [2.05, 4.69) is 23.3 Å². The monoisotopic (exact) mass is 336 g/mol. The molecule has 0 atom stereocenters. The highest BCUT2D eigenvalue weighted by molar-refractivity contribution is 5.92. The van der Waals surface area contributed by atoms with Crippen molar-refractivity contribution >= 4 is 22.7 Å². The van der Waals surface area contributed by atoms with Gasteiger partial charge in [0.15, 0.2) is 5.58 Å². The first-order chi connectivity index (χ1) is 11.8. The minimum atomic E-state index is 0.0271. The van der Waals surface area contributed by atoms with Gasteiger partial charge in [-0.15, -0.1) is 0 Å². The maximum atomic E-state index is 12.1. The number of nitrogens with one attached hydrogen (secondary N) is 1. The van der Waals surface area contributed by atoms with Crippen LogP contribution in [0.2, 0.25) is 0 Å². The lowest BCUT2D eigenvalue weighted by atomic mass is 10.1. The zero-order valence-corrected chi connectivity index (χ0v) is 15.4. The second kappa shape index (κ2) is 6.71. The molecule has 1 amide bonds. The number of anilines is 1. The molecule has 4 heteroatoms. The molecule has 0 radical (unpaired) electrons. The molecule has 3 aromatic rings. The molecule has 0 aliphatic heterocycles. The topological polar surface area (TPSA) is 55.1 Å². The molecule has 0 saturated carbocycles. The average Bonchev–Trinajstić information content (AvgIpc) is 2.92. The third-order valence-corrected chi connectivity index (χ3v) is 4.17. The number of hydrogen-bond donors (Lipinski definition) is 1. The van der Waals surface area contributed by atoms with Gasteiger partial charge in [0, 0.05) is 17.7 Å². The number of fused-ring (bicyclic) bond motifs is 1. The molecule has 3 rings (SSSR count). The second-order valence-electron chi connectivity index (χ2n) is 7.12. The van der Waals surface area contributed by atoms with E-state index in [0.29, 0.717) is 18.2 Å². The van der Waals surface area contributed by atoms with E-state index >= 15 is 0 Å². The Balaban J connectivity index is 1.97. The summed E-state index contributed by atoms with van der Waals surface area (Å²) in [4.78, 5) is 16.7. The molecule has 0 fully saturated rings. The van der Waals surface area contributed by atoms with Crippen molar-refractivity contribution < 1.29 is 9.21 Å². The molecule has 1 heterocycles. The number of carbonyl (C=O) groups excluding carboxylic acids is 1. The maximum absolute atomic E-state index is 12.1. The van der Waals surface area contributed by atoms with Crippen LogP contribution in [0, 0.1) is 26.7 Å². The van der Waals surface area contributed by atoms with Crippen LogP contribution in [0.5, 0.6) is 0 Å². The molecule has 1 aromatic heterocycles. The predicted octanol–water partition coefficient (Wildman–Crippen LogP) is 5.40. The summed E-state index contributed by atoms with van der Waals surface area (Å²) in [5.41, 5.74) is 6.59. The van der Waals surface area contributed by atoms with Gasteiger partial charge in [0.1, 0.15) is 5.52 Å². The highest BCUT2D eigenvalue weighted by Gasteiger charge is 2.13. The van der Waals surface area contributed by atoms with Gasteiger partial charge in [0.05, 0.1) is 0 Å². The summed E-state index contributed by atoms with van der Waals surface area (Å²) in [6.07, 6.45) is 0.505. The molecule has 4 nitrogen and oxygen atoms in total.